The molecule has 0 saturated heterocycles. The van der Waals surface area contributed by atoms with Gasteiger partial charge in [0.2, 0.25) is 17.8 Å². The summed E-state index contributed by atoms with van der Waals surface area (Å²) in [6.07, 6.45) is 0. The number of carbonyl (C=O) groups excluding carboxylic acids is 1. The minimum Gasteiger partial charge on any atom is -0.368 e. The molecule has 9 heteroatoms. The van der Waals surface area contributed by atoms with E-state index in [1.54, 1.807) is 0 Å². The van der Waals surface area contributed by atoms with Crippen LogP contribution in [0.2, 0.25) is 0 Å². The summed E-state index contributed by atoms with van der Waals surface area (Å²) in [6, 6.07) is 13.4. The van der Waals surface area contributed by atoms with Gasteiger partial charge in [0.15, 0.2) is 0 Å². The third-order valence-electron chi connectivity index (χ3n) is 3.60. The first-order valence-corrected chi connectivity index (χ1v) is 9.61. The molecule has 1 aromatic heterocycles. The van der Waals surface area contributed by atoms with Crippen LogP contribution in [0.4, 0.5) is 27.7 Å². The van der Waals surface area contributed by atoms with Gasteiger partial charge in [-0.25, -0.2) is 4.39 Å². The van der Waals surface area contributed by atoms with Crippen molar-refractivity contribution < 1.29 is 9.18 Å². The Hall–Kier alpha value is -3.20. The molecule has 7 nitrogen and oxygen atoms in total. The van der Waals surface area contributed by atoms with Gasteiger partial charge in [0.1, 0.15) is 11.6 Å². The second-order valence-corrected chi connectivity index (χ2v) is 6.96. The van der Waals surface area contributed by atoms with Gasteiger partial charge in [-0.05, 0) is 43.3 Å². The normalized spacial score (nSPS) is 10.5. The van der Waals surface area contributed by atoms with Gasteiger partial charge in [-0.3, -0.25) is 4.79 Å². The van der Waals surface area contributed by atoms with Crippen molar-refractivity contribution in [2.75, 3.05) is 22.1 Å². The molecule has 2 aromatic carbocycles. The van der Waals surface area contributed by atoms with E-state index in [2.05, 4.69) is 25.6 Å². The molecule has 0 aliphatic heterocycles. The van der Waals surface area contributed by atoms with E-state index in [1.165, 1.54) is 36.0 Å². The molecule has 0 bridgehead atoms. The highest BCUT2D eigenvalue weighted by atomic mass is 32.2. The van der Waals surface area contributed by atoms with Crippen molar-refractivity contribution in [3.8, 4) is 0 Å². The van der Waals surface area contributed by atoms with Crippen molar-refractivity contribution in [2.24, 2.45) is 0 Å². The van der Waals surface area contributed by atoms with E-state index in [-0.39, 0.29) is 23.4 Å². The molecule has 0 unspecified atom stereocenters. The summed E-state index contributed by atoms with van der Waals surface area (Å²) in [6.45, 7) is 2.01. The van der Waals surface area contributed by atoms with E-state index < -0.39 is 0 Å². The zero-order valence-corrected chi connectivity index (χ0v) is 16.0. The van der Waals surface area contributed by atoms with Crippen LogP contribution < -0.4 is 16.4 Å². The van der Waals surface area contributed by atoms with Crippen LogP contribution in [0.15, 0.2) is 48.5 Å². The van der Waals surface area contributed by atoms with Crippen LogP contribution >= 0.6 is 11.8 Å². The lowest BCUT2D eigenvalue weighted by Gasteiger charge is -2.08. The van der Waals surface area contributed by atoms with E-state index in [0.717, 1.165) is 11.3 Å². The molecule has 0 atom stereocenters. The Morgan fingerprint density at radius 2 is 1.71 bits per heavy atom. The average molecular weight is 398 g/mol. The van der Waals surface area contributed by atoms with Gasteiger partial charge >= 0.3 is 0 Å². The highest BCUT2D eigenvalue weighted by Crippen LogP contribution is 2.17. The number of halogens is 1. The number of thioether (sulfide) groups is 1. The van der Waals surface area contributed by atoms with Crippen molar-refractivity contribution >= 4 is 40.9 Å². The molecule has 0 saturated carbocycles. The second kappa shape index (κ2) is 9.14. The molecule has 3 rings (SSSR count). The number of anilines is 4. The number of nitrogen functional groups attached to an aromatic ring is 1. The van der Waals surface area contributed by atoms with Gasteiger partial charge < -0.3 is 16.4 Å². The van der Waals surface area contributed by atoms with Crippen molar-refractivity contribution in [1.82, 2.24) is 15.0 Å². The van der Waals surface area contributed by atoms with E-state index in [9.17, 15) is 9.18 Å². The third-order valence-corrected chi connectivity index (χ3v) is 4.53. The molecule has 1 amide bonds. The number of benzene rings is 2. The summed E-state index contributed by atoms with van der Waals surface area (Å²) >= 11 is 1.34. The Morgan fingerprint density at radius 1 is 1.04 bits per heavy atom. The number of carbonyl (C=O) groups is 1. The molecule has 0 radical (unpaired) electrons. The zero-order valence-electron chi connectivity index (χ0n) is 15.1. The first-order valence-electron chi connectivity index (χ1n) is 8.45. The van der Waals surface area contributed by atoms with Crippen LogP contribution in [0.1, 0.15) is 11.4 Å². The fraction of sp³-hybridized carbons (Fsp3) is 0.158. The molecule has 28 heavy (non-hydrogen) atoms. The Labute approximate surface area is 166 Å². The highest BCUT2D eigenvalue weighted by molar-refractivity contribution is 7.99. The quantitative estimate of drug-likeness (QED) is 0.559. The zero-order chi connectivity index (χ0) is 19.9. The summed E-state index contributed by atoms with van der Waals surface area (Å²) in [5, 5.41) is 5.79. The smallest absolute Gasteiger partial charge is 0.234 e. The number of nitrogens with zero attached hydrogens (tertiary/aromatic N) is 3. The van der Waals surface area contributed by atoms with Crippen LogP contribution in [0.5, 0.6) is 0 Å². The van der Waals surface area contributed by atoms with Crippen LogP contribution in [0.3, 0.4) is 0 Å². The number of aryl methyl sites for hydroxylation is 1. The maximum atomic E-state index is 12.9. The number of hydrogen-bond donors (Lipinski definition) is 3. The standard InChI is InChI=1S/C19H19FN6OS/c1-12-2-6-15(7-3-12)23-19-25-16(24-18(21)26-19)10-28-11-17(27)22-14-8-4-13(20)5-9-14/h2-9H,10-11H2,1H3,(H,22,27)(H3,21,23,24,25,26). The first kappa shape index (κ1) is 19.6. The Kier molecular flexibility index (Phi) is 6.38. The van der Waals surface area contributed by atoms with Gasteiger partial charge in [-0.15, -0.1) is 11.8 Å². The number of hydrogen-bond acceptors (Lipinski definition) is 7. The maximum absolute atomic E-state index is 12.9. The van der Waals surface area contributed by atoms with E-state index in [1.807, 2.05) is 31.2 Å². The molecule has 0 fully saturated rings. The summed E-state index contributed by atoms with van der Waals surface area (Å²) in [5.41, 5.74) is 8.30. The van der Waals surface area contributed by atoms with Crippen LogP contribution in [-0.4, -0.2) is 26.6 Å². The molecule has 0 aliphatic carbocycles. The Morgan fingerprint density at radius 3 is 2.43 bits per heavy atom. The lowest BCUT2D eigenvalue weighted by Crippen LogP contribution is -2.14. The molecule has 1 heterocycles. The first-order chi connectivity index (χ1) is 13.5. The monoisotopic (exact) mass is 398 g/mol. The number of rotatable bonds is 7. The summed E-state index contributed by atoms with van der Waals surface area (Å²) < 4.78 is 12.9. The maximum Gasteiger partial charge on any atom is 0.234 e. The fourth-order valence-electron chi connectivity index (χ4n) is 2.29. The number of nitrogens with two attached hydrogens (primary N) is 1. The Balaban J connectivity index is 1.53. The van der Waals surface area contributed by atoms with Crippen LogP contribution in [0.25, 0.3) is 0 Å². The van der Waals surface area contributed by atoms with Gasteiger partial charge in [0.05, 0.1) is 11.5 Å². The van der Waals surface area contributed by atoms with Crippen molar-refractivity contribution in [3.05, 3.63) is 65.7 Å². The lowest BCUT2D eigenvalue weighted by molar-refractivity contribution is -0.113. The summed E-state index contributed by atoms with van der Waals surface area (Å²) in [5.74, 6) is 0.974. The SMILES string of the molecule is Cc1ccc(Nc2nc(N)nc(CSCC(=O)Nc3ccc(F)cc3)n2)cc1. The van der Waals surface area contributed by atoms with Crippen molar-refractivity contribution in [2.45, 2.75) is 12.7 Å². The molecule has 0 aliphatic rings. The summed E-state index contributed by atoms with van der Waals surface area (Å²) in [7, 11) is 0. The summed E-state index contributed by atoms with van der Waals surface area (Å²) in [4.78, 5) is 24.5. The molecule has 144 valence electrons. The minimum absolute atomic E-state index is 0.107. The second-order valence-electron chi connectivity index (χ2n) is 5.97. The van der Waals surface area contributed by atoms with Gasteiger partial charge in [-0.2, -0.15) is 15.0 Å². The largest absolute Gasteiger partial charge is 0.368 e. The van der Waals surface area contributed by atoms with Crippen molar-refractivity contribution in [1.29, 1.82) is 0 Å². The lowest BCUT2D eigenvalue weighted by atomic mass is 10.2. The van der Waals surface area contributed by atoms with Gasteiger partial charge in [-0.1, -0.05) is 17.7 Å². The average Bonchev–Trinajstić information content (AvgIpc) is 2.65. The van der Waals surface area contributed by atoms with Crippen molar-refractivity contribution in [3.63, 3.8) is 0 Å². The van der Waals surface area contributed by atoms with Gasteiger partial charge in [0, 0.05) is 11.4 Å². The molecule has 4 N–H and O–H groups in total. The third kappa shape index (κ3) is 5.92. The predicted molar refractivity (Wildman–Crippen MR) is 110 cm³/mol. The van der Waals surface area contributed by atoms with E-state index in [4.69, 9.17) is 5.73 Å². The number of amides is 1. The number of nitrogens with one attached hydrogen (secondary N) is 2. The molecular weight excluding hydrogens is 379 g/mol. The number of aromatic nitrogens is 3. The van der Waals surface area contributed by atoms with E-state index in [0.29, 0.717) is 23.2 Å². The van der Waals surface area contributed by atoms with Crippen LogP contribution in [-0.2, 0) is 10.5 Å². The van der Waals surface area contributed by atoms with E-state index >= 15 is 0 Å². The topological polar surface area (TPSA) is 106 Å². The Bertz CT molecular complexity index is 950. The van der Waals surface area contributed by atoms with Crippen LogP contribution in [0, 0.1) is 12.7 Å². The van der Waals surface area contributed by atoms with Gasteiger partial charge in [0.25, 0.3) is 0 Å². The molecule has 3 aromatic rings. The minimum atomic E-state index is -0.352. The molecular formula is C19H19FN6OS. The highest BCUT2D eigenvalue weighted by Gasteiger charge is 2.08. The molecule has 0 spiro atoms. The fourth-order valence-corrected chi connectivity index (χ4v) is 2.96. The predicted octanol–water partition coefficient (Wildman–Crippen LogP) is 3.52.